The van der Waals surface area contributed by atoms with E-state index in [0.717, 1.165) is 32.1 Å². The van der Waals surface area contributed by atoms with Crippen LogP contribution in [0.5, 0.6) is 0 Å². The number of aromatic amines is 1. The van der Waals surface area contributed by atoms with Gasteiger partial charge in [-0.05, 0) is 72.5 Å². The predicted octanol–water partition coefficient (Wildman–Crippen LogP) is 5.36. The topological polar surface area (TPSA) is 85.5 Å². The summed E-state index contributed by atoms with van der Waals surface area (Å²) in [5.41, 5.74) is 6.31. The van der Waals surface area contributed by atoms with Gasteiger partial charge in [-0.3, -0.25) is 14.4 Å². The van der Waals surface area contributed by atoms with E-state index in [2.05, 4.69) is 26.2 Å². The van der Waals surface area contributed by atoms with Gasteiger partial charge in [0.05, 0.1) is 11.1 Å². The number of carbonyl (C=O) groups is 3. The van der Waals surface area contributed by atoms with Gasteiger partial charge in [0.25, 0.3) is 17.7 Å². The van der Waals surface area contributed by atoms with Crippen LogP contribution in [0.2, 0.25) is 0 Å². The number of nitrogens with zero attached hydrogens (tertiary/aromatic N) is 2. The molecule has 7 nitrogen and oxygen atoms in total. The number of aromatic nitrogens is 1. The molecule has 0 unspecified atom stereocenters. The van der Waals surface area contributed by atoms with E-state index >= 15 is 0 Å². The summed E-state index contributed by atoms with van der Waals surface area (Å²) < 4.78 is 0.859. The first-order valence-corrected chi connectivity index (χ1v) is 13.1. The van der Waals surface area contributed by atoms with Gasteiger partial charge in [0.1, 0.15) is 0 Å². The van der Waals surface area contributed by atoms with Crippen molar-refractivity contribution in [3.8, 4) is 0 Å². The van der Waals surface area contributed by atoms with Crippen molar-refractivity contribution < 1.29 is 14.4 Å². The Labute approximate surface area is 222 Å². The Hall–Kier alpha value is -3.91. The second-order valence-electron chi connectivity index (χ2n) is 9.46. The Morgan fingerprint density at radius 3 is 2.73 bits per heavy atom. The summed E-state index contributed by atoms with van der Waals surface area (Å²) in [5.74, 6) is -0.192. The lowest BCUT2D eigenvalue weighted by Gasteiger charge is -2.30. The lowest BCUT2D eigenvalue weighted by molar-refractivity contribution is 0.0735. The molecule has 1 aromatic heterocycles. The lowest BCUT2D eigenvalue weighted by Crippen LogP contribution is -2.37. The molecule has 37 heavy (non-hydrogen) atoms. The number of hydrogen-bond acceptors (Lipinski definition) is 3. The molecule has 2 aliphatic heterocycles. The molecule has 186 valence electrons. The minimum absolute atomic E-state index is 0.0338. The molecule has 0 bridgehead atoms. The first-order valence-electron chi connectivity index (χ1n) is 12.3. The fraction of sp³-hybridized carbons (Fsp3) is 0.207. The number of fused-ring (bicyclic) bond motifs is 3. The van der Waals surface area contributed by atoms with Crippen LogP contribution in [-0.4, -0.2) is 45.6 Å². The molecule has 0 aliphatic carbocycles. The van der Waals surface area contributed by atoms with Gasteiger partial charge in [-0.25, -0.2) is 0 Å². The van der Waals surface area contributed by atoms with Crippen LogP contribution in [0, 0.1) is 0 Å². The fourth-order valence-corrected chi connectivity index (χ4v) is 5.86. The maximum atomic E-state index is 13.5. The molecule has 2 aliphatic rings. The zero-order valence-corrected chi connectivity index (χ0v) is 21.9. The molecule has 3 amide bonds. The van der Waals surface area contributed by atoms with Crippen molar-refractivity contribution in [2.24, 2.45) is 0 Å². The van der Waals surface area contributed by atoms with Gasteiger partial charge in [0, 0.05) is 59.0 Å². The highest BCUT2D eigenvalue weighted by molar-refractivity contribution is 9.10. The Morgan fingerprint density at radius 1 is 1.03 bits per heavy atom. The van der Waals surface area contributed by atoms with Gasteiger partial charge in [-0.2, -0.15) is 0 Å². The molecule has 3 aromatic carbocycles. The number of benzene rings is 3. The largest absolute Gasteiger partial charge is 0.361 e. The standard InChI is InChI=1S/C29H25BrN4O3/c1-2-33-16-19-13-21(6-7-23(19)28(33)36)32-27(35)24-5-3-4-18-15-34(11-9-22(18)24)29(37)25-14-20(30)12-17-8-10-31-26(17)25/h3-8,10,12-14,31H,2,9,11,15-16H2,1H3,(H,32,35). The zero-order chi connectivity index (χ0) is 25.7. The normalized spacial score (nSPS) is 14.6. The molecule has 4 aromatic rings. The van der Waals surface area contributed by atoms with Crippen LogP contribution >= 0.6 is 15.9 Å². The van der Waals surface area contributed by atoms with Crippen LogP contribution in [0.15, 0.2) is 65.3 Å². The summed E-state index contributed by atoms with van der Waals surface area (Å²) in [7, 11) is 0. The summed E-state index contributed by atoms with van der Waals surface area (Å²) in [6.07, 6.45) is 2.43. The van der Waals surface area contributed by atoms with E-state index in [1.165, 1.54) is 0 Å². The number of rotatable bonds is 4. The minimum atomic E-state index is -0.187. The van der Waals surface area contributed by atoms with E-state index in [0.29, 0.717) is 55.0 Å². The van der Waals surface area contributed by atoms with Gasteiger partial charge in [0.15, 0.2) is 0 Å². The van der Waals surface area contributed by atoms with Gasteiger partial charge in [-0.1, -0.05) is 28.1 Å². The third-order valence-corrected chi connectivity index (χ3v) is 7.73. The Kier molecular flexibility index (Phi) is 5.83. The van der Waals surface area contributed by atoms with Crippen molar-refractivity contribution in [1.29, 1.82) is 0 Å². The van der Waals surface area contributed by atoms with Crippen molar-refractivity contribution >= 4 is 50.2 Å². The van der Waals surface area contributed by atoms with Gasteiger partial charge in [-0.15, -0.1) is 0 Å². The van der Waals surface area contributed by atoms with Crippen molar-refractivity contribution in [2.45, 2.75) is 26.4 Å². The fourth-order valence-electron chi connectivity index (χ4n) is 5.38. The van der Waals surface area contributed by atoms with Crippen LogP contribution in [0.25, 0.3) is 10.9 Å². The SMILES string of the molecule is CCN1Cc2cc(NC(=O)c3cccc4c3CCN(C(=O)c3cc(Br)cc5cc[nH]c35)C4)ccc2C1=O. The molecular weight excluding hydrogens is 532 g/mol. The van der Waals surface area contributed by atoms with Crippen molar-refractivity contribution in [3.05, 3.63) is 98.6 Å². The highest BCUT2D eigenvalue weighted by Crippen LogP contribution is 2.29. The van der Waals surface area contributed by atoms with Gasteiger partial charge >= 0.3 is 0 Å². The molecule has 2 N–H and O–H groups in total. The van der Waals surface area contributed by atoms with Crippen LogP contribution in [0.3, 0.4) is 0 Å². The van der Waals surface area contributed by atoms with Crippen LogP contribution < -0.4 is 5.32 Å². The number of amides is 3. The summed E-state index contributed by atoms with van der Waals surface area (Å²) in [6, 6.07) is 16.9. The second kappa shape index (κ2) is 9.19. The second-order valence-corrected chi connectivity index (χ2v) is 10.4. The maximum absolute atomic E-state index is 13.5. The first kappa shape index (κ1) is 23.5. The Bertz CT molecular complexity index is 1590. The van der Waals surface area contributed by atoms with Crippen LogP contribution in [0.4, 0.5) is 5.69 Å². The molecule has 8 heteroatoms. The molecule has 0 fully saturated rings. The smallest absolute Gasteiger partial charge is 0.256 e. The molecular formula is C29H25BrN4O3. The third-order valence-electron chi connectivity index (χ3n) is 7.28. The summed E-state index contributed by atoms with van der Waals surface area (Å²) in [6.45, 7) is 4.14. The Balaban J connectivity index is 1.22. The quantitative estimate of drug-likeness (QED) is 0.355. The van der Waals surface area contributed by atoms with Gasteiger partial charge in [0.2, 0.25) is 0 Å². The first-order chi connectivity index (χ1) is 17.9. The number of nitrogens with one attached hydrogen (secondary N) is 2. The van der Waals surface area contributed by atoms with Crippen molar-refractivity contribution in [3.63, 3.8) is 0 Å². The number of halogens is 1. The lowest BCUT2D eigenvalue weighted by atomic mass is 9.93. The van der Waals surface area contributed by atoms with Crippen molar-refractivity contribution in [2.75, 3.05) is 18.4 Å². The number of carbonyl (C=O) groups excluding carboxylic acids is 3. The molecule has 0 saturated heterocycles. The van der Waals surface area contributed by atoms with E-state index in [1.54, 1.807) is 17.0 Å². The highest BCUT2D eigenvalue weighted by Gasteiger charge is 2.28. The van der Waals surface area contributed by atoms with E-state index in [1.807, 2.05) is 60.5 Å². The third kappa shape index (κ3) is 4.11. The highest BCUT2D eigenvalue weighted by atomic mass is 79.9. The number of H-pyrrole nitrogens is 1. The summed E-state index contributed by atoms with van der Waals surface area (Å²) in [4.78, 5) is 45.9. The average Bonchev–Trinajstić information content (AvgIpc) is 3.50. The zero-order valence-electron chi connectivity index (χ0n) is 20.3. The van der Waals surface area contributed by atoms with E-state index in [9.17, 15) is 14.4 Å². The Morgan fingerprint density at radius 2 is 1.89 bits per heavy atom. The molecule has 0 radical (unpaired) electrons. The number of hydrogen-bond donors (Lipinski definition) is 2. The minimum Gasteiger partial charge on any atom is -0.361 e. The van der Waals surface area contributed by atoms with Crippen LogP contribution in [-0.2, 0) is 19.5 Å². The van der Waals surface area contributed by atoms with E-state index in [4.69, 9.17) is 0 Å². The van der Waals surface area contributed by atoms with Gasteiger partial charge < -0.3 is 20.1 Å². The number of anilines is 1. The molecule has 6 rings (SSSR count). The maximum Gasteiger partial charge on any atom is 0.256 e. The monoisotopic (exact) mass is 556 g/mol. The molecule has 0 saturated carbocycles. The van der Waals surface area contributed by atoms with E-state index in [-0.39, 0.29) is 17.7 Å². The van der Waals surface area contributed by atoms with Crippen molar-refractivity contribution in [1.82, 2.24) is 14.8 Å². The molecule has 0 spiro atoms. The molecule has 0 atom stereocenters. The van der Waals surface area contributed by atoms with E-state index < -0.39 is 0 Å². The predicted molar refractivity (Wildman–Crippen MR) is 146 cm³/mol. The summed E-state index contributed by atoms with van der Waals surface area (Å²) in [5, 5.41) is 3.99. The van der Waals surface area contributed by atoms with Crippen LogP contribution in [0.1, 0.15) is 54.7 Å². The average molecular weight is 557 g/mol. The molecule has 3 heterocycles. The summed E-state index contributed by atoms with van der Waals surface area (Å²) >= 11 is 3.52.